The average molecular weight is 264 g/mol. The van der Waals surface area contributed by atoms with E-state index in [1.54, 1.807) is 6.92 Å². The lowest BCUT2D eigenvalue weighted by Gasteiger charge is -2.13. The van der Waals surface area contributed by atoms with Gasteiger partial charge in [0.05, 0.1) is 17.6 Å². The molecule has 8 heteroatoms. The average Bonchev–Trinajstić information content (AvgIpc) is 2.61. The van der Waals surface area contributed by atoms with Crippen molar-refractivity contribution in [3.05, 3.63) is 11.2 Å². The van der Waals surface area contributed by atoms with E-state index in [4.69, 9.17) is 5.11 Å². The number of aryl methyl sites for hydroxylation is 1. The van der Waals surface area contributed by atoms with E-state index in [1.807, 2.05) is 0 Å². The molecule has 0 aromatic carbocycles. The first-order chi connectivity index (χ1) is 7.34. The minimum atomic E-state index is -3.59. The van der Waals surface area contributed by atoms with Crippen LogP contribution in [0.25, 0.3) is 0 Å². The van der Waals surface area contributed by atoms with E-state index in [0.29, 0.717) is 5.01 Å². The van der Waals surface area contributed by atoms with Crippen LogP contribution < -0.4 is 0 Å². The predicted molar refractivity (Wildman–Crippen MR) is 58.9 cm³/mol. The Kier molecular flexibility index (Phi) is 4.00. The third-order valence-electron chi connectivity index (χ3n) is 1.91. The van der Waals surface area contributed by atoms with Gasteiger partial charge in [0.2, 0.25) is 0 Å². The molecule has 0 bridgehead atoms. The fourth-order valence-corrected chi connectivity index (χ4v) is 3.48. The Morgan fingerprint density at radius 1 is 1.62 bits per heavy atom. The molecule has 0 atom stereocenters. The molecule has 1 N–H and O–H groups in total. The van der Waals surface area contributed by atoms with Crippen LogP contribution in [0.4, 0.5) is 0 Å². The minimum Gasteiger partial charge on any atom is -0.481 e. The summed E-state index contributed by atoms with van der Waals surface area (Å²) in [5, 5.41) is 9.13. The molecule has 1 aromatic rings. The summed E-state index contributed by atoms with van der Waals surface area (Å²) in [6, 6.07) is 0. The Balaban J connectivity index is 2.82. The summed E-state index contributed by atoms with van der Waals surface area (Å²) in [5.74, 6) is -1.03. The quantitative estimate of drug-likeness (QED) is 0.839. The van der Waals surface area contributed by atoms with Crippen molar-refractivity contribution in [3.8, 4) is 0 Å². The first-order valence-corrected chi connectivity index (χ1v) is 6.70. The van der Waals surface area contributed by atoms with Crippen LogP contribution in [0.1, 0.15) is 11.4 Å². The first-order valence-electron chi connectivity index (χ1n) is 4.44. The molecule has 1 heterocycles. The lowest BCUT2D eigenvalue weighted by atomic mass is 10.4. The van der Waals surface area contributed by atoms with Gasteiger partial charge in [0.15, 0.2) is 4.21 Å². The zero-order chi connectivity index (χ0) is 12.3. The van der Waals surface area contributed by atoms with Crippen molar-refractivity contribution < 1.29 is 18.3 Å². The molecule has 0 unspecified atom stereocenters. The standard InChI is InChI=1S/C8H12N2O4S2/c1-6-9-5-8(15-6)16(13,14)10(2)4-3-7(11)12/h5H,3-4H2,1-2H3,(H,11,12). The van der Waals surface area contributed by atoms with E-state index in [2.05, 4.69) is 4.98 Å². The molecule has 1 rings (SSSR count). The van der Waals surface area contributed by atoms with Gasteiger partial charge in [-0.25, -0.2) is 13.4 Å². The molecule has 1 aromatic heterocycles. The minimum absolute atomic E-state index is 0.0470. The number of hydrogen-bond donors (Lipinski definition) is 1. The first kappa shape index (κ1) is 13.1. The highest BCUT2D eigenvalue weighted by Gasteiger charge is 2.23. The summed E-state index contributed by atoms with van der Waals surface area (Å²) in [6.45, 7) is 1.66. The molecule has 0 spiro atoms. The van der Waals surface area contributed by atoms with Gasteiger partial charge in [0.1, 0.15) is 0 Å². The molecule has 90 valence electrons. The summed E-state index contributed by atoms with van der Waals surface area (Å²) in [4.78, 5) is 14.2. The van der Waals surface area contributed by atoms with Gasteiger partial charge in [-0.15, -0.1) is 11.3 Å². The summed E-state index contributed by atoms with van der Waals surface area (Å²) >= 11 is 1.07. The number of rotatable bonds is 5. The number of aromatic nitrogens is 1. The Morgan fingerprint density at radius 2 is 2.25 bits per heavy atom. The topological polar surface area (TPSA) is 87.6 Å². The molecule has 0 aliphatic heterocycles. The van der Waals surface area contributed by atoms with Crippen LogP contribution in [0.3, 0.4) is 0 Å². The Morgan fingerprint density at radius 3 is 2.69 bits per heavy atom. The second kappa shape index (κ2) is 4.89. The van der Waals surface area contributed by atoms with Crippen molar-refractivity contribution in [2.24, 2.45) is 0 Å². The van der Waals surface area contributed by atoms with E-state index >= 15 is 0 Å². The summed E-state index contributed by atoms with van der Waals surface area (Å²) in [6.07, 6.45) is 1.07. The van der Waals surface area contributed by atoms with Crippen molar-refractivity contribution >= 4 is 27.3 Å². The van der Waals surface area contributed by atoms with Crippen molar-refractivity contribution in [3.63, 3.8) is 0 Å². The number of carbonyl (C=O) groups is 1. The van der Waals surface area contributed by atoms with Crippen molar-refractivity contribution in [2.45, 2.75) is 17.6 Å². The number of carboxylic acid groups (broad SMARTS) is 1. The molecule has 0 aliphatic carbocycles. The highest BCUT2D eigenvalue weighted by Crippen LogP contribution is 2.21. The van der Waals surface area contributed by atoms with Gasteiger partial charge in [-0.2, -0.15) is 4.31 Å². The lowest BCUT2D eigenvalue weighted by molar-refractivity contribution is -0.137. The maximum Gasteiger partial charge on any atom is 0.304 e. The van der Waals surface area contributed by atoms with Crippen molar-refractivity contribution in [2.75, 3.05) is 13.6 Å². The van der Waals surface area contributed by atoms with Gasteiger partial charge in [0.25, 0.3) is 10.0 Å². The van der Waals surface area contributed by atoms with Gasteiger partial charge < -0.3 is 5.11 Å². The SMILES string of the molecule is Cc1ncc(S(=O)(=O)N(C)CCC(=O)O)s1. The number of thiazole rings is 1. The van der Waals surface area contributed by atoms with Crippen LogP contribution in [0, 0.1) is 6.92 Å². The molecule has 0 fully saturated rings. The second-order valence-electron chi connectivity index (χ2n) is 3.17. The van der Waals surface area contributed by atoms with E-state index in [0.717, 1.165) is 15.6 Å². The number of sulfonamides is 1. The van der Waals surface area contributed by atoms with Crippen LogP contribution >= 0.6 is 11.3 Å². The normalized spacial score (nSPS) is 11.9. The zero-order valence-electron chi connectivity index (χ0n) is 8.87. The van der Waals surface area contributed by atoms with Crippen LogP contribution in [-0.2, 0) is 14.8 Å². The van der Waals surface area contributed by atoms with Crippen LogP contribution in [0.2, 0.25) is 0 Å². The fourth-order valence-electron chi connectivity index (χ4n) is 0.988. The third-order valence-corrected chi connectivity index (χ3v) is 5.11. The zero-order valence-corrected chi connectivity index (χ0v) is 10.5. The van der Waals surface area contributed by atoms with E-state index in [-0.39, 0.29) is 17.2 Å². The van der Waals surface area contributed by atoms with Gasteiger partial charge in [-0.05, 0) is 6.92 Å². The molecule has 0 aliphatic rings. The summed E-state index contributed by atoms with van der Waals surface area (Å²) in [5.41, 5.74) is 0. The Bertz CT molecular complexity index is 480. The lowest BCUT2D eigenvalue weighted by Crippen LogP contribution is -2.28. The molecule has 16 heavy (non-hydrogen) atoms. The molecule has 0 saturated carbocycles. The predicted octanol–water partition coefficient (Wildman–Crippen LogP) is 0.547. The molecular formula is C8H12N2O4S2. The largest absolute Gasteiger partial charge is 0.481 e. The van der Waals surface area contributed by atoms with E-state index in [1.165, 1.54) is 13.2 Å². The van der Waals surface area contributed by atoms with Gasteiger partial charge in [-0.3, -0.25) is 4.79 Å². The van der Waals surface area contributed by atoms with Crippen molar-refractivity contribution in [1.29, 1.82) is 0 Å². The number of hydrogen-bond acceptors (Lipinski definition) is 5. The smallest absolute Gasteiger partial charge is 0.304 e. The summed E-state index contributed by atoms with van der Waals surface area (Å²) in [7, 11) is -2.23. The van der Waals surface area contributed by atoms with Gasteiger partial charge in [0, 0.05) is 13.6 Å². The Labute approximate surface area is 97.6 Å². The number of nitrogens with zero attached hydrogens (tertiary/aromatic N) is 2. The highest BCUT2D eigenvalue weighted by molar-refractivity contribution is 7.91. The van der Waals surface area contributed by atoms with Crippen molar-refractivity contribution in [1.82, 2.24) is 9.29 Å². The monoisotopic (exact) mass is 264 g/mol. The van der Waals surface area contributed by atoms with E-state index in [9.17, 15) is 13.2 Å². The second-order valence-corrected chi connectivity index (χ2v) is 6.68. The number of carboxylic acids is 1. The van der Waals surface area contributed by atoms with Crippen LogP contribution in [-0.4, -0.2) is 42.4 Å². The maximum atomic E-state index is 11.9. The number of aliphatic carboxylic acids is 1. The van der Waals surface area contributed by atoms with Gasteiger partial charge >= 0.3 is 5.97 Å². The summed E-state index contributed by atoms with van der Waals surface area (Å²) < 4.78 is 24.9. The molecule has 0 amide bonds. The molecule has 0 radical (unpaired) electrons. The maximum absolute atomic E-state index is 11.9. The molecule has 6 nitrogen and oxygen atoms in total. The van der Waals surface area contributed by atoms with Gasteiger partial charge in [-0.1, -0.05) is 0 Å². The van der Waals surface area contributed by atoms with Crippen LogP contribution in [0.15, 0.2) is 10.4 Å². The third kappa shape index (κ3) is 3.00. The molecular weight excluding hydrogens is 252 g/mol. The fraction of sp³-hybridized carbons (Fsp3) is 0.500. The Hall–Kier alpha value is -0.990. The van der Waals surface area contributed by atoms with Crippen LogP contribution in [0.5, 0.6) is 0 Å². The highest BCUT2D eigenvalue weighted by atomic mass is 32.2. The van der Waals surface area contributed by atoms with E-state index < -0.39 is 16.0 Å². The molecule has 0 saturated heterocycles.